The highest BCUT2D eigenvalue weighted by Gasteiger charge is 2.29. The minimum Gasteiger partial charge on any atom is -0.462 e. The minimum absolute atomic E-state index is 0.265. The number of hydrogen-bond acceptors (Lipinski definition) is 4. The molecule has 0 aliphatic carbocycles. The van der Waals surface area contributed by atoms with Crippen molar-refractivity contribution < 1.29 is 9.53 Å². The normalized spacial score (nSPS) is 17.8. The number of halogens is 1. The molecule has 4 nitrogen and oxygen atoms in total. The second-order valence-electron chi connectivity index (χ2n) is 6.01. The second-order valence-corrected chi connectivity index (χ2v) is 6.93. The van der Waals surface area contributed by atoms with Crippen LogP contribution in [0.25, 0.3) is 0 Å². The summed E-state index contributed by atoms with van der Waals surface area (Å²) < 4.78 is 5.99. The molecule has 1 aliphatic heterocycles. The summed E-state index contributed by atoms with van der Waals surface area (Å²) in [5, 5.41) is 0. The predicted octanol–water partition coefficient (Wildman–Crippen LogP) is 4.01. The van der Waals surface area contributed by atoms with E-state index in [-0.39, 0.29) is 11.9 Å². The summed E-state index contributed by atoms with van der Waals surface area (Å²) >= 11 is 3.40. The van der Waals surface area contributed by atoms with E-state index in [0.29, 0.717) is 12.2 Å². The van der Waals surface area contributed by atoms with Crippen molar-refractivity contribution in [3.05, 3.63) is 63.9 Å². The highest BCUT2D eigenvalue weighted by molar-refractivity contribution is 9.10. The highest BCUT2D eigenvalue weighted by Crippen LogP contribution is 2.30. The van der Waals surface area contributed by atoms with Crippen LogP contribution in [0.5, 0.6) is 0 Å². The molecule has 3 rings (SSSR count). The molecule has 0 saturated carbocycles. The fourth-order valence-electron chi connectivity index (χ4n) is 3.19. The lowest BCUT2D eigenvalue weighted by molar-refractivity contribution is 0.0523. The van der Waals surface area contributed by atoms with E-state index in [1.165, 1.54) is 5.56 Å². The van der Waals surface area contributed by atoms with Crippen molar-refractivity contribution in [2.75, 3.05) is 19.7 Å². The van der Waals surface area contributed by atoms with Crippen molar-refractivity contribution in [1.29, 1.82) is 0 Å². The molecule has 5 heteroatoms. The number of hydrogen-bond donors (Lipinski definition) is 0. The van der Waals surface area contributed by atoms with Crippen molar-refractivity contribution >= 4 is 21.9 Å². The molecule has 1 unspecified atom stereocenters. The summed E-state index contributed by atoms with van der Waals surface area (Å²) in [6.07, 6.45) is 2.77. The SMILES string of the molecule is CCOC(=O)c1cc(Br)cnc1C1CCN(Cc2ccccc2)C1. The van der Waals surface area contributed by atoms with Crippen LogP contribution in [-0.2, 0) is 11.3 Å². The summed E-state index contributed by atoms with van der Waals surface area (Å²) in [5.74, 6) is -0.0240. The number of carbonyl (C=O) groups excluding carboxylic acids is 1. The largest absolute Gasteiger partial charge is 0.462 e. The van der Waals surface area contributed by atoms with Gasteiger partial charge in [0.15, 0.2) is 0 Å². The third kappa shape index (κ3) is 4.02. The quantitative estimate of drug-likeness (QED) is 0.725. The standard InChI is InChI=1S/C19H21BrN2O2/c1-2-24-19(23)17-10-16(20)11-21-18(17)15-8-9-22(13-15)12-14-6-4-3-5-7-14/h3-7,10-11,15H,2,8-9,12-13H2,1H3. The number of likely N-dealkylation sites (tertiary alicyclic amines) is 1. The van der Waals surface area contributed by atoms with Gasteiger partial charge in [-0.1, -0.05) is 30.3 Å². The van der Waals surface area contributed by atoms with Crippen molar-refractivity contribution in [3.63, 3.8) is 0 Å². The Bertz CT molecular complexity index is 706. The lowest BCUT2D eigenvalue weighted by atomic mass is 9.99. The summed E-state index contributed by atoms with van der Waals surface area (Å²) in [6.45, 7) is 5.05. The highest BCUT2D eigenvalue weighted by atomic mass is 79.9. The first-order valence-corrected chi connectivity index (χ1v) is 9.05. The van der Waals surface area contributed by atoms with Crippen LogP contribution in [0, 0.1) is 0 Å². The molecule has 0 spiro atoms. The van der Waals surface area contributed by atoms with Crippen molar-refractivity contribution in [3.8, 4) is 0 Å². The summed E-state index contributed by atoms with van der Waals surface area (Å²) in [5.41, 5.74) is 2.75. The minimum atomic E-state index is -0.289. The number of rotatable bonds is 5. The van der Waals surface area contributed by atoms with Crippen LogP contribution < -0.4 is 0 Å². The number of ether oxygens (including phenoxy) is 1. The number of esters is 1. The Kier molecular flexibility index (Phi) is 5.63. The molecule has 1 aliphatic rings. The molecular weight excluding hydrogens is 368 g/mol. The van der Waals surface area contributed by atoms with Crippen LogP contribution in [0.15, 0.2) is 47.1 Å². The molecule has 0 bridgehead atoms. The van der Waals surface area contributed by atoms with E-state index in [1.54, 1.807) is 6.20 Å². The van der Waals surface area contributed by atoms with Gasteiger partial charge in [0, 0.05) is 29.7 Å². The van der Waals surface area contributed by atoms with Gasteiger partial charge in [-0.25, -0.2) is 4.79 Å². The van der Waals surface area contributed by atoms with Gasteiger partial charge in [0.25, 0.3) is 0 Å². The van der Waals surface area contributed by atoms with Crippen LogP contribution in [0.1, 0.15) is 40.9 Å². The Hall–Kier alpha value is -1.72. The maximum atomic E-state index is 12.3. The third-order valence-electron chi connectivity index (χ3n) is 4.29. The molecule has 1 aromatic heterocycles. The molecule has 1 saturated heterocycles. The number of carbonyl (C=O) groups is 1. The van der Waals surface area contributed by atoms with E-state index in [2.05, 4.69) is 50.1 Å². The smallest absolute Gasteiger partial charge is 0.340 e. The van der Waals surface area contributed by atoms with Gasteiger partial charge in [-0.3, -0.25) is 9.88 Å². The van der Waals surface area contributed by atoms with Gasteiger partial charge in [-0.05, 0) is 47.4 Å². The average Bonchev–Trinajstić information content (AvgIpc) is 3.04. The monoisotopic (exact) mass is 388 g/mol. The fraction of sp³-hybridized carbons (Fsp3) is 0.368. The van der Waals surface area contributed by atoms with Crippen molar-refractivity contribution in [1.82, 2.24) is 9.88 Å². The summed E-state index contributed by atoms with van der Waals surface area (Å²) in [4.78, 5) is 19.2. The molecule has 1 fully saturated rings. The Morgan fingerprint density at radius 1 is 1.38 bits per heavy atom. The van der Waals surface area contributed by atoms with E-state index in [4.69, 9.17) is 4.74 Å². The van der Waals surface area contributed by atoms with Gasteiger partial charge in [0.2, 0.25) is 0 Å². The van der Waals surface area contributed by atoms with Crippen molar-refractivity contribution in [2.45, 2.75) is 25.8 Å². The number of benzene rings is 1. The first kappa shape index (κ1) is 17.1. The Morgan fingerprint density at radius 2 is 2.17 bits per heavy atom. The lowest BCUT2D eigenvalue weighted by Gasteiger charge is -2.17. The Morgan fingerprint density at radius 3 is 2.92 bits per heavy atom. The average molecular weight is 389 g/mol. The predicted molar refractivity (Wildman–Crippen MR) is 97.0 cm³/mol. The summed E-state index contributed by atoms with van der Waals surface area (Å²) in [7, 11) is 0. The van der Waals surface area contributed by atoms with Gasteiger partial charge >= 0.3 is 5.97 Å². The lowest BCUT2D eigenvalue weighted by Crippen LogP contribution is -2.20. The Balaban J connectivity index is 1.74. The topological polar surface area (TPSA) is 42.4 Å². The molecule has 2 aromatic rings. The molecule has 0 radical (unpaired) electrons. The van der Waals surface area contributed by atoms with E-state index in [1.807, 2.05) is 19.1 Å². The fourth-order valence-corrected chi connectivity index (χ4v) is 3.52. The first-order chi connectivity index (χ1) is 11.7. The summed E-state index contributed by atoms with van der Waals surface area (Å²) in [6, 6.07) is 12.3. The Labute approximate surface area is 151 Å². The molecule has 2 heterocycles. The third-order valence-corrected chi connectivity index (χ3v) is 4.72. The van der Waals surface area contributed by atoms with Crippen LogP contribution in [0.3, 0.4) is 0 Å². The van der Waals surface area contributed by atoms with E-state index >= 15 is 0 Å². The van der Waals surface area contributed by atoms with Crippen LogP contribution in [0.4, 0.5) is 0 Å². The van der Waals surface area contributed by atoms with E-state index in [9.17, 15) is 4.79 Å². The molecule has 1 atom stereocenters. The van der Waals surface area contributed by atoms with Crippen LogP contribution in [0.2, 0.25) is 0 Å². The van der Waals surface area contributed by atoms with Gasteiger partial charge in [-0.2, -0.15) is 0 Å². The number of aromatic nitrogens is 1. The van der Waals surface area contributed by atoms with Crippen LogP contribution >= 0.6 is 15.9 Å². The zero-order chi connectivity index (χ0) is 16.9. The first-order valence-electron chi connectivity index (χ1n) is 8.26. The van der Waals surface area contributed by atoms with Gasteiger partial charge in [0.05, 0.1) is 17.9 Å². The van der Waals surface area contributed by atoms with Gasteiger partial charge in [0.1, 0.15) is 0 Å². The maximum absolute atomic E-state index is 12.3. The van der Waals surface area contributed by atoms with Crippen molar-refractivity contribution in [2.24, 2.45) is 0 Å². The number of pyridine rings is 1. The molecular formula is C19H21BrN2O2. The van der Waals surface area contributed by atoms with Gasteiger partial charge < -0.3 is 4.74 Å². The molecule has 1 aromatic carbocycles. The molecule has 0 N–H and O–H groups in total. The second kappa shape index (κ2) is 7.90. The zero-order valence-electron chi connectivity index (χ0n) is 13.7. The zero-order valence-corrected chi connectivity index (χ0v) is 15.3. The number of nitrogens with zero attached hydrogens (tertiary/aromatic N) is 2. The van der Waals surface area contributed by atoms with Crippen LogP contribution in [-0.4, -0.2) is 35.5 Å². The van der Waals surface area contributed by atoms with E-state index in [0.717, 1.165) is 36.2 Å². The molecule has 126 valence electrons. The maximum Gasteiger partial charge on any atom is 0.340 e. The molecule has 24 heavy (non-hydrogen) atoms. The molecule has 0 amide bonds. The van der Waals surface area contributed by atoms with E-state index < -0.39 is 0 Å². The van der Waals surface area contributed by atoms with Gasteiger partial charge in [-0.15, -0.1) is 0 Å².